The number of benzene rings is 3. The van der Waals surface area contributed by atoms with E-state index in [-0.39, 0.29) is 10.1 Å². The summed E-state index contributed by atoms with van der Waals surface area (Å²) in [6.07, 6.45) is 12.5. The molecule has 0 aliphatic carbocycles. The third-order valence-corrected chi connectivity index (χ3v) is 31.3. The highest BCUT2D eigenvalue weighted by Crippen LogP contribution is 2.43. The summed E-state index contributed by atoms with van der Waals surface area (Å²) in [7, 11) is 8.90. The van der Waals surface area contributed by atoms with Gasteiger partial charge in [0.2, 0.25) is 0 Å². The van der Waals surface area contributed by atoms with E-state index in [2.05, 4.69) is 336 Å². The number of anilines is 3. The molecule has 83 heavy (non-hydrogen) atoms. The Morgan fingerprint density at radius 3 is 1.12 bits per heavy atom. The molecule has 0 radical (unpaired) electrons. The lowest BCUT2D eigenvalue weighted by Crippen LogP contribution is -2.45. The second kappa shape index (κ2) is 25.5. The number of aryl methyl sites for hydroxylation is 2. The molecule has 9 nitrogen and oxygen atoms in total. The van der Waals surface area contributed by atoms with Gasteiger partial charge in [-0.1, -0.05) is 104 Å². The number of aromatic nitrogens is 6. The second-order valence-electron chi connectivity index (χ2n) is 25.0. The number of nitrogens with one attached hydrogen (secondary N) is 1. The molecule has 8 heterocycles. The number of aromatic amines is 1. The van der Waals surface area contributed by atoms with Gasteiger partial charge in [-0.25, -0.2) is 15.0 Å². The summed E-state index contributed by atoms with van der Waals surface area (Å²) in [4.78, 5) is 24.0. The average molecular weight is 1370 g/mol. The zero-order valence-corrected chi connectivity index (χ0v) is 59.9. The fourth-order valence-corrected chi connectivity index (χ4v) is 16.5. The Balaban J connectivity index is 0.000000153. The molecule has 16 heteroatoms. The number of fused-ring (bicyclic) bond motifs is 3. The van der Waals surface area contributed by atoms with Crippen molar-refractivity contribution in [3.8, 4) is 44.5 Å². The van der Waals surface area contributed by atoms with Crippen molar-refractivity contribution < 1.29 is 0 Å². The first kappa shape index (κ1) is 63.4. The molecule has 0 aliphatic heterocycles. The van der Waals surface area contributed by atoms with E-state index in [9.17, 15) is 0 Å². The predicted molar refractivity (Wildman–Crippen MR) is 380 cm³/mol. The highest BCUT2D eigenvalue weighted by molar-refractivity contribution is 9.11. The number of H-pyrrole nitrogens is 1. The van der Waals surface area contributed by atoms with Gasteiger partial charge in [-0.3, -0.25) is 0 Å². The standard InChI is InChI=1S/2C21H28BrN3Si.C20H19N3S.C5H5BrS/c2*1-21(2,3)26(6,7)25-14-19(22)18-12-16(13-23-20(18)25)15-8-10-17(11-9-15)24(4)5;1-13-11-24-12-19(13)18-10-22-20-17(18)8-15(9-21-20)14-4-6-16(7-5-14)23(2)3;1-4-2-7-3-5(4)6/h2*8-14H,1-7H3;4-12H,1-3H3,(H,21,22);2-3H,1H3. The Labute approximate surface area is 528 Å². The van der Waals surface area contributed by atoms with Crippen LogP contribution in [0.2, 0.25) is 36.3 Å². The van der Waals surface area contributed by atoms with Crippen molar-refractivity contribution in [3.05, 3.63) is 174 Å². The quantitative estimate of drug-likeness (QED) is 0.145. The van der Waals surface area contributed by atoms with Crippen LogP contribution in [0.25, 0.3) is 77.6 Å². The maximum Gasteiger partial charge on any atom is 0.163 e. The minimum Gasteiger partial charge on any atom is -0.378 e. The smallest absolute Gasteiger partial charge is 0.163 e. The molecule has 0 bridgehead atoms. The number of hydrogen-bond acceptors (Lipinski definition) is 8. The Hall–Kier alpha value is -5.60. The highest BCUT2D eigenvalue weighted by Gasteiger charge is 2.40. The van der Waals surface area contributed by atoms with Gasteiger partial charge in [-0.2, -0.15) is 22.7 Å². The molecule has 8 aromatic heterocycles. The molecule has 0 spiro atoms. The number of thiophene rings is 2. The van der Waals surface area contributed by atoms with Crippen LogP contribution in [0.3, 0.4) is 0 Å². The van der Waals surface area contributed by atoms with Gasteiger partial charge in [0.25, 0.3) is 0 Å². The van der Waals surface area contributed by atoms with E-state index in [4.69, 9.17) is 9.97 Å². The molecular weight excluding hydrogens is 1290 g/mol. The molecule has 0 saturated carbocycles. The molecule has 0 unspecified atom stereocenters. The number of pyridine rings is 3. The number of nitrogens with zero attached hydrogens (tertiary/aromatic N) is 8. The molecule has 0 saturated heterocycles. The highest BCUT2D eigenvalue weighted by atomic mass is 79.9. The number of halogens is 3. The molecule has 11 rings (SSSR count). The van der Waals surface area contributed by atoms with Crippen LogP contribution in [0.5, 0.6) is 0 Å². The van der Waals surface area contributed by atoms with Crippen LogP contribution in [-0.4, -0.2) is 87.2 Å². The van der Waals surface area contributed by atoms with Gasteiger partial charge in [0.1, 0.15) is 16.9 Å². The summed E-state index contributed by atoms with van der Waals surface area (Å²) in [6.45, 7) is 27.9. The lowest BCUT2D eigenvalue weighted by molar-refractivity contribution is 0.702. The van der Waals surface area contributed by atoms with Crippen LogP contribution in [-0.2, 0) is 0 Å². The van der Waals surface area contributed by atoms with Crippen LogP contribution in [0, 0.1) is 13.8 Å². The van der Waals surface area contributed by atoms with Gasteiger partial charge in [-0.05, 0) is 176 Å². The van der Waals surface area contributed by atoms with E-state index in [1.807, 2.05) is 18.6 Å². The van der Waals surface area contributed by atoms with Crippen molar-refractivity contribution in [2.24, 2.45) is 0 Å². The zero-order chi connectivity index (χ0) is 60.5. The van der Waals surface area contributed by atoms with E-state index >= 15 is 0 Å². The lowest BCUT2D eigenvalue weighted by Gasteiger charge is -2.38. The zero-order valence-electron chi connectivity index (χ0n) is 51.5. The van der Waals surface area contributed by atoms with Crippen molar-refractivity contribution in [1.82, 2.24) is 28.4 Å². The first-order valence-corrected chi connectivity index (χ1v) is 38.0. The van der Waals surface area contributed by atoms with Crippen LogP contribution in [0.1, 0.15) is 52.7 Å². The SMILES string of the molecule is CN(C)c1ccc(-c2cnc3c(c2)c(Br)cn3[Si](C)(C)C(C)(C)C)cc1.CN(C)c1ccc(-c2cnc3c(c2)c(Br)cn3[Si](C)(C)C(C)(C)C)cc1.Cc1cscc1-c1c[nH]c2ncc(-c3ccc(N(C)C)cc3)cc12.Cc1cscc1Br. The summed E-state index contributed by atoms with van der Waals surface area (Å²) in [6, 6.07) is 32.6. The molecule has 1 N–H and O–H groups in total. The predicted octanol–water partition coefficient (Wildman–Crippen LogP) is 20.9. The lowest BCUT2D eigenvalue weighted by atomic mass is 10.0. The molecule has 3 aromatic carbocycles. The van der Waals surface area contributed by atoms with Crippen molar-refractivity contribution in [1.29, 1.82) is 0 Å². The van der Waals surface area contributed by atoms with Crippen molar-refractivity contribution >= 4 is 137 Å². The maximum absolute atomic E-state index is 4.87. The van der Waals surface area contributed by atoms with Gasteiger partial charge in [0.05, 0.1) is 0 Å². The van der Waals surface area contributed by atoms with Crippen molar-refractivity contribution in [2.75, 3.05) is 57.0 Å². The van der Waals surface area contributed by atoms with Crippen LogP contribution in [0.4, 0.5) is 17.1 Å². The number of rotatable bonds is 9. The normalized spacial score (nSPS) is 11.9. The largest absolute Gasteiger partial charge is 0.378 e. The number of hydrogen-bond donors (Lipinski definition) is 1. The molecule has 0 amide bonds. The van der Waals surface area contributed by atoms with Gasteiger partial charge < -0.3 is 28.1 Å². The summed E-state index contributed by atoms with van der Waals surface area (Å²) in [5, 5.41) is 12.6. The second-order valence-corrected chi connectivity index (χ2v) is 39.3. The van der Waals surface area contributed by atoms with Gasteiger partial charge in [0.15, 0.2) is 16.5 Å². The third kappa shape index (κ3) is 13.9. The van der Waals surface area contributed by atoms with Crippen LogP contribution < -0.4 is 14.7 Å². The van der Waals surface area contributed by atoms with E-state index in [1.54, 1.807) is 22.7 Å². The van der Waals surface area contributed by atoms with E-state index in [1.165, 1.54) is 76.6 Å². The first-order valence-electron chi connectivity index (χ1n) is 27.8. The van der Waals surface area contributed by atoms with E-state index in [0.717, 1.165) is 42.6 Å². The fourth-order valence-electron chi connectivity index (χ4n) is 9.25. The summed E-state index contributed by atoms with van der Waals surface area (Å²) < 4.78 is 8.34. The monoisotopic (exact) mass is 1370 g/mol. The Bertz CT molecular complexity index is 3810. The first-order chi connectivity index (χ1) is 39.0. The Morgan fingerprint density at radius 2 is 0.807 bits per heavy atom. The Kier molecular flexibility index (Phi) is 19.5. The van der Waals surface area contributed by atoms with Crippen molar-refractivity contribution in [3.63, 3.8) is 0 Å². The fraction of sp³-hybridized carbons (Fsp3) is 0.299. The van der Waals surface area contributed by atoms with Gasteiger partial charge >= 0.3 is 0 Å². The van der Waals surface area contributed by atoms with Gasteiger partial charge in [0, 0.05) is 154 Å². The molecule has 11 aromatic rings. The molecule has 0 atom stereocenters. The summed E-state index contributed by atoms with van der Waals surface area (Å²) in [5.74, 6) is 0. The van der Waals surface area contributed by atoms with E-state index in [0.29, 0.717) is 0 Å². The molecule has 0 fully saturated rings. The minimum atomic E-state index is -1.72. The maximum atomic E-state index is 4.87. The third-order valence-electron chi connectivity index (χ3n) is 16.7. The Morgan fingerprint density at radius 1 is 0.446 bits per heavy atom. The van der Waals surface area contributed by atoms with Gasteiger partial charge in [-0.15, -0.1) is 0 Å². The summed E-state index contributed by atoms with van der Waals surface area (Å²) in [5.41, 5.74) is 18.8. The molecule has 0 aliphatic rings. The minimum absolute atomic E-state index is 0.251. The summed E-state index contributed by atoms with van der Waals surface area (Å²) >= 11 is 14.4. The van der Waals surface area contributed by atoms with Crippen LogP contribution >= 0.6 is 70.5 Å². The van der Waals surface area contributed by atoms with Crippen molar-refractivity contribution in [2.45, 2.75) is 91.7 Å². The molecular formula is C67H80Br3N9S2Si2. The average Bonchev–Trinajstić information content (AvgIpc) is 2.29. The topological polar surface area (TPSA) is 74.0 Å². The molecule has 434 valence electrons. The van der Waals surface area contributed by atoms with E-state index < -0.39 is 16.5 Å². The van der Waals surface area contributed by atoms with Crippen LogP contribution in [0.15, 0.2) is 163 Å².